The van der Waals surface area contributed by atoms with E-state index in [2.05, 4.69) is 15.1 Å². The van der Waals surface area contributed by atoms with Crippen molar-refractivity contribution < 1.29 is 9.26 Å². The second kappa shape index (κ2) is 5.75. The molecule has 21 heavy (non-hydrogen) atoms. The molecular weight excluding hydrogens is 266 g/mol. The third-order valence-electron chi connectivity index (χ3n) is 3.08. The number of ether oxygens (including phenoxy) is 1. The van der Waals surface area contributed by atoms with Gasteiger partial charge in [-0.15, -0.1) is 0 Å². The molecule has 0 saturated carbocycles. The first kappa shape index (κ1) is 13.3. The molecule has 3 aromatic rings. The topological polar surface area (TPSA) is 61.0 Å². The van der Waals surface area contributed by atoms with E-state index in [1.807, 2.05) is 44.2 Å². The Hall–Kier alpha value is -2.69. The summed E-state index contributed by atoms with van der Waals surface area (Å²) >= 11 is 0. The van der Waals surface area contributed by atoms with Crippen molar-refractivity contribution >= 4 is 0 Å². The van der Waals surface area contributed by atoms with Gasteiger partial charge in [0.25, 0.3) is 5.89 Å². The Kier molecular flexibility index (Phi) is 3.64. The zero-order valence-electron chi connectivity index (χ0n) is 11.9. The number of aromatic nitrogens is 3. The highest BCUT2D eigenvalue weighted by atomic mass is 16.5. The number of pyridine rings is 1. The Morgan fingerprint density at radius 1 is 1.24 bits per heavy atom. The van der Waals surface area contributed by atoms with Crippen molar-refractivity contribution in [2.24, 2.45) is 0 Å². The van der Waals surface area contributed by atoms with Gasteiger partial charge in [0, 0.05) is 23.5 Å². The number of hydrogen-bond acceptors (Lipinski definition) is 5. The molecule has 0 aliphatic rings. The molecule has 5 heteroatoms. The minimum Gasteiger partial charge on any atom is -0.494 e. The van der Waals surface area contributed by atoms with Gasteiger partial charge in [-0.05, 0) is 43.7 Å². The summed E-state index contributed by atoms with van der Waals surface area (Å²) in [4.78, 5) is 8.52. The van der Waals surface area contributed by atoms with Crippen LogP contribution >= 0.6 is 0 Å². The van der Waals surface area contributed by atoms with Gasteiger partial charge in [-0.25, -0.2) is 0 Å². The van der Waals surface area contributed by atoms with Crippen molar-refractivity contribution in [3.8, 4) is 28.6 Å². The van der Waals surface area contributed by atoms with Gasteiger partial charge in [-0.3, -0.25) is 4.98 Å². The predicted molar refractivity (Wildman–Crippen MR) is 78.9 cm³/mol. The van der Waals surface area contributed by atoms with Gasteiger partial charge < -0.3 is 9.26 Å². The highest BCUT2D eigenvalue weighted by molar-refractivity contribution is 5.62. The molecule has 1 aromatic carbocycles. The van der Waals surface area contributed by atoms with E-state index >= 15 is 0 Å². The molecule has 5 nitrogen and oxygen atoms in total. The minimum atomic E-state index is 0.475. The number of hydrogen-bond donors (Lipinski definition) is 0. The maximum absolute atomic E-state index is 5.48. The highest BCUT2D eigenvalue weighted by Crippen LogP contribution is 2.26. The molecule has 0 atom stereocenters. The molecule has 0 unspecified atom stereocenters. The summed E-state index contributed by atoms with van der Waals surface area (Å²) in [6, 6.07) is 9.49. The summed E-state index contributed by atoms with van der Waals surface area (Å²) in [5, 5.41) is 4.04. The zero-order valence-corrected chi connectivity index (χ0v) is 11.9. The van der Waals surface area contributed by atoms with E-state index < -0.39 is 0 Å². The van der Waals surface area contributed by atoms with Gasteiger partial charge in [0.2, 0.25) is 5.82 Å². The molecule has 0 radical (unpaired) electrons. The second-order valence-electron chi connectivity index (χ2n) is 4.57. The van der Waals surface area contributed by atoms with Crippen molar-refractivity contribution in [2.45, 2.75) is 13.8 Å². The van der Waals surface area contributed by atoms with Gasteiger partial charge >= 0.3 is 0 Å². The van der Waals surface area contributed by atoms with Gasteiger partial charge in [-0.1, -0.05) is 11.2 Å². The quantitative estimate of drug-likeness (QED) is 0.732. The lowest BCUT2D eigenvalue weighted by Crippen LogP contribution is -1.91. The van der Waals surface area contributed by atoms with E-state index in [1.54, 1.807) is 12.4 Å². The van der Waals surface area contributed by atoms with E-state index in [4.69, 9.17) is 9.26 Å². The summed E-state index contributed by atoms with van der Waals surface area (Å²) < 4.78 is 10.8. The summed E-state index contributed by atoms with van der Waals surface area (Å²) in [5.74, 6) is 1.82. The molecule has 0 N–H and O–H groups in total. The molecule has 2 aromatic heterocycles. The van der Waals surface area contributed by atoms with Crippen LogP contribution in [0.2, 0.25) is 0 Å². The van der Waals surface area contributed by atoms with Crippen LogP contribution in [-0.4, -0.2) is 21.7 Å². The Labute approximate surface area is 122 Å². The van der Waals surface area contributed by atoms with E-state index in [0.29, 0.717) is 18.3 Å². The summed E-state index contributed by atoms with van der Waals surface area (Å²) in [5.41, 5.74) is 2.76. The molecule has 0 saturated heterocycles. The third-order valence-corrected chi connectivity index (χ3v) is 3.08. The number of rotatable bonds is 4. The smallest absolute Gasteiger partial charge is 0.258 e. The molecule has 0 aliphatic carbocycles. The van der Waals surface area contributed by atoms with Crippen LogP contribution in [0.1, 0.15) is 12.5 Å². The van der Waals surface area contributed by atoms with E-state index in [0.717, 1.165) is 22.4 Å². The van der Waals surface area contributed by atoms with Crippen molar-refractivity contribution in [1.82, 2.24) is 15.1 Å². The molecule has 0 bridgehead atoms. The van der Waals surface area contributed by atoms with Gasteiger partial charge in [0.05, 0.1) is 6.61 Å². The maximum Gasteiger partial charge on any atom is 0.258 e. The van der Waals surface area contributed by atoms with Gasteiger partial charge in [0.1, 0.15) is 5.75 Å². The summed E-state index contributed by atoms with van der Waals surface area (Å²) in [6.07, 6.45) is 3.50. The minimum absolute atomic E-state index is 0.475. The molecule has 0 spiro atoms. The molecule has 0 fully saturated rings. The monoisotopic (exact) mass is 281 g/mol. The Morgan fingerprint density at radius 2 is 2.14 bits per heavy atom. The molecule has 3 rings (SSSR count). The molecular formula is C16H15N3O2. The SMILES string of the molecule is CCOc1cccc(-c2nc(-c3ccncc3C)no2)c1. The van der Waals surface area contributed by atoms with Crippen LogP contribution in [0.3, 0.4) is 0 Å². The van der Waals surface area contributed by atoms with Crippen LogP contribution in [0.5, 0.6) is 5.75 Å². The first-order valence-corrected chi connectivity index (χ1v) is 6.76. The average molecular weight is 281 g/mol. The zero-order chi connectivity index (χ0) is 14.7. The third kappa shape index (κ3) is 2.76. The highest BCUT2D eigenvalue weighted by Gasteiger charge is 2.12. The van der Waals surface area contributed by atoms with E-state index in [-0.39, 0.29) is 0 Å². The van der Waals surface area contributed by atoms with Crippen LogP contribution in [-0.2, 0) is 0 Å². The second-order valence-corrected chi connectivity index (χ2v) is 4.57. The largest absolute Gasteiger partial charge is 0.494 e. The Balaban J connectivity index is 1.95. The van der Waals surface area contributed by atoms with Gasteiger partial charge in [-0.2, -0.15) is 4.98 Å². The van der Waals surface area contributed by atoms with Crippen LogP contribution in [0.4, 0.5) is 0 Å². The number of nitrogens with zero attached hydrogens (tertiary/aromatic N) is 3. The lowest BCUT2D eigenvalue weighted by Gasteiger charge is -2.02. The lowest BCUT2D eigenvalue weighted by molar-refractivity contribution is 0.340. The predicted octanol–water partition coefficient (Wildman–Crippen LogP) is 3.51. The summed E-state index contributed by atoms with van der Waals surface area (Å²) in [7, 11) is 0. The lowest BCUT2D eigenvalue weighted by atomic mass is 10.1. The fourth-order valence-electron chi connectivity index (χ4n) is 2.06. The standard InChI is InChI=1S/C16H15N3O2/c1-3-20-13-6-4-5-12(9-13)16-18-15(19-21-16)14-7-8-17-10-11(14)2/h4-10H,3H2,1-2H3. The molecule has 0 amide bonds. The van der Waals surface area contributed by atoms with E-state index in [1.165, 1.54) is 0 Å². The Morgan fingerprint density at radius 3 is 2.95 bits per heavy atom. The maximum atomic E-state index is 5.48. The molecule has 2 heterocycles. The molecule has 0 aliphatic heterocycles. The first-order valence-electron chi connectivity index (χ1n) is 6.76. The van der Waals surface area contributed by atoms with Crippen molar-refractivity contribution in [3.63, 3.8) is 0 Å². The average Bonchev–Trinajstić information content (AvgIpc) is 2.98. The van der Waals surface area contributed by atoms with Crippen LogP contribution in [0, 0.1) is 6.92 Å². The van der Waals surface area contributed by atoms with Crippen LogP contribution in [0.25, 0.3) is 22.8 Å². The van der Waals surface area contributed by atoms with Crippen molar-refractivity contribution in [1.29, 1.82) is 0 Å². The van der Waals surface area contributed by atoms with Crippen molar-refractivity contribution in [3.05, 3.63) is 48.3 Å². The fourth-order valence-corrected chi connectivity index (χ4v) is 2.06. The van der Waals surface area contributed by atoms with Gasteiger partial charge in [0.15, 0.2) is 0 Å². The number of benzene rings is 1. The van der Waals surface area contributed by atoms with Crippen molar-refractivity contribution in [2.75, 3.05) is 6.61 Å². The summed E-state index contributed by atoms with van der Waals surface area (Å²) in [6.45, 7) is 4.53. The van der Waals surface area contributed by atoms with E-state index in [9.17, 15) is 0 Å². The van der Waals surface area contributed by atoms with Crippen LogP contribution in [0.15, 0.2) is 47.2 Å². The Bertz CT molecular complexity index is 753. The first-order chi connectivity index (χ1) is 10.3. The molecule has 106 valence electrons. The van der Waals surface area contributed by atoms with Crippen LogP contribution < -0.4 is 4.74 Å². The number of aryl methyl sites for hydroxylation is 1. The normalized spacial score (nSPS) is 10.6. The fraction of sp³-hybridized carbons (Fsp3) is 0.188.